The van der Waals surface area contributed by atoms with Gasteiger partial charge in [0.15, 0.2) is 0 Å². The lowest BCUT2D eigenvalue weighted by atomic mass is 9.95. The first-order chi connectivity index (χ1) is 19.3. The van der Waals surface area contributed by atoms with Crippen LogP contribution in [0.2, 0.25) is 0 Å². The van der Waals surface area contributed by atoms with Crippen molar-refractivity contribution in [1.82, 2.24) is 15.1 Å². The maximum atomic E-state index is 13.2. The highest BCUT2D eigenvalue weighted by atomic mass is 32.2. The van der Waals surface area contributed by atoms with Crippen LogP contribution in [0.25, 0.3) is 0 Å². The van der Waals surface area contributed by atoms with Gasteiger partial charge in [-0.2, -0.15) is 0 Å². The molecule has 0 radical (unpaired) electrons. The number of nitrogens with one attached hydrogen (secondary N) is 2. The molecule has 1 heterocycles. The summed E-state index contributed by atoms with van der Waals surface area (Å²) >= 11 is 0. The summed E-state index contributed by atoms with van der Waals surface area (Å²) in [5.74, 6) is 1.39. The third-order valence-electron chi connectivity index (χ3n) is 7.98. The lowest BCUT2D eigenvalue weighted by molar-refractivity contribution is 0.117. The van der Waals surface area contributed by atoms with Crippen LogP contribution >= 0.6 is 0 Å². The second-order valence-electron chi connectivity index (χ2n) is 11.3. The number of hydrogen-bond donors (Lipinski definition) is 2. The number of unbranched alkanes of at least 4 members (excludes halogenated alkanes) is 1. The van der Waals surface area contributed by atoms with Gasteiger partial charge in [-0.25, -0.2) is 13.2 Å². The highest BCUT2D eigenvalue weighted by molar-refractivity contribution is 7.92. The first kappa shape index (κ1) is 30.2. The largest absolute Gasteiger partial charge is 0.457 e. The Morgan fingerprint density at radius 3 is 2.17 bits per heavy atom. The van der Waals surface area contributed by atoms with Crippen molar-refractivity contribution < 1.29 is 17.9 Å². The number of amides is 2. The number of benzene rings is 2. The van der Waals surface area contributed by atoms with Crippen LogP contribution in [0.5, 0.6) is 11.5 Å². The number of hydrogen-bond acceptors (Lipinski definition) is 5. The van der Waals surface area contributed by atoms with E-state index in [1.165, 1.54) is 24.8 Å². The lowest BCUT2D eigenvalue weighted by Gasteiger charge is -2.39. The first-order valence-electron chi connectivity index (χ1n) is 14.9. The van der Waals surface area contributed by atoms with E-state index < -0.39 is 10.0 Å². The molecule has 8 nitrogen and oxygen atoms in total. The number of carbonyl (C=O) groups excluding carboxylic acids is 1. The van der Waals surface area contributed by atoms with E-state index in [1.54, 1.807) is 24.3 Å². The zero-order valence-corrected chi connectivity index (χ0v) is 24.9. The molecule has 2 aromatic rings. The molecule has 220 valence electrons. The van der Waals surface area contributed by atoms with Crippen molar-refractivity contribution in [2.45, 2.75) is 83.2 Å². The maximum absolute atomic E-state index is 13.2. The van der Waals surface area contributed by atoms with Gasteiger partial charge in [0, 0.05) is 44.0 Å². The molecule has 2 amide bonds. The summed E-state index contributed by atoms with van der Waals surface area (Å²) in [4.78, 5) is 17.8. The molecule has 2 aromatic carbocycles. The number of piperidine rings is 1. The number of rotatable bonds is 12. The standard InChI is InChI=1S/C31H46N4O4S/c1-3-4-21-35(31(36)32-26-8-6-5-7-9-26)28-19-23-34(24-20-28)22-18-25-10-14-29(15-11-25)39-30-16-12-27(13-17-30)33-40(2,37)38/h10-17,26,28,33H,3-9,18-24H2,1-2H3,(H,32,36). The van der Waals surface area contributed by atoms with Gasteiger partial charge >= 0.3 is 6.03 Å². The molecule has 1 saturated carbocycles. The van der Waals surface area contributed by atoms with E-state index in [1.807, 2.05) is 12.1 Å². The second-order valence-corrected chi connectivity index (χ2v) is 13.0. The van der Waals surface area contributed by atoms with Gasteiger partial charge in [0.25, 0.3) is 0 Å². The zero-order chi connectivity index (χ0) is 28.4. The van der Waals surface area contributed by atoms with Gasteiger partial charge in [-0.15, -0.1) is 0 Å². The molecular formula is C31H46N4O4S. The molecule has 0 spiro atoms. The minimum atomic E-state index is -3.30. The van der Waals surface area contributed by atoms with E-state index in [2.05, 4.69) is 38.9 Å². The lowest BCUT2D eigenvalue weighted by Crippen LogP contribution is -2.53. The summed E-state index contributed by atoms with van der Waals surface area (Å²) in [6, 6.07) is 15.8. The van der Waals surface area contributed by atoms with Crippen LogP contribution < -0.4 is 14.8 Å². The summed E-state index contributed by atoms with van der Waals surface area (Å²) in [5, 5.41) is 3.35. The Hall–Kier alpha value is -2.78. The topological polar surface area (TPSA) is 91.0 Å². The maximum Gasteiger partial charge on any atom is 0.317 e. The Morgan fingerprint density at radius 2 is 1.57 bits per heavy atom. The summed E-state index contributed by atoms with van der Waals surface area (Å²) in [5.41, 5.74) is 1.77. The highest BCUT2D eigenvalue weighted by Crippen LogP contribution is 2.25. The number of ether oxygens (including phenoxy) is 1. The molecule has 0 atom stereocenters. The van der Waals surface area contributed by atoms with Crippen LogP contribution in [0.3, 0.4) is 0 Å². The Labute approximate surface area is 240 Å². The van der Waals surface area contributed by atoms with E-state index in [-0.39, 0.29) is 6.03 Å². The average molecular weight is 571 g/mol. The number of urea groups is 1. The Balaban J connectivity index is 1.21. The van der Waals surface area contributed by atoms with Crippen LogP contribution in [-0.4, -0.2) is 68.8 Å². The van der Waals surface area contributed by atoms with Crippen molar-refractivity contribution in [3.05, 3.63) is 54.1 Å². The molecule has 2 aliphatic rings. The predicted octanol–water partition coefficient (Wildman–Crippen LogP) is 6.00. The van der Waals surface area contributed by atoms with Crippen molar-refractivity contribution in [3.63, 3.8) is 0 Å². The molecule has 0 unspecified atom stereocenters. The molecule has 1 aliphatic carbocycles. The third kappa shape index (κ3) is 9.70. The number of likely N-dealkylation sites (tertiary alicyclic amines) is 1. The fourth-order valence-electron chi connectivity index (χ4n) is 5.69. The van der Waals surface area contributed by atoms with E-state index in [0.717, 1.165) is 83.1 Å². The van der Waals surface area contributed by atoms with Crippen LogP contribution in [0.4, 0.5) is 10.5 Å². The number of carbonyl (C=O) groups is 1. The van der Waals surface area contributed by atoms with Crippen molar-refractivity contribution in [1.29, 1.82) is 0 Å². The number of sulfonamides is 1. The summed E-state index contributed by atoms with van der Waals surface area (Å²) < 4.78 is 31.1. The summed E-state index contributed by atoms with van der Waals surface area (Å²) in [6.07, 6.45) is 12.3. The van der Waals surface area contributed by atoms with Gasteiger partial charge in [-0.1, -0.05) is 44.7 Å². The van der Waals surface area contributed by atoms with Gasteiger partial charge in [0.05, 0.1) is 6.26 Å². The summed E-state index contributed by atoms with van der Waals surface area (Å²) in [6.45, 7) is 6.10. The van der Waals surface area contributed by atoms with Crippen LogP contribution in [0.1, 0.15) is 70.3 Å². The second kappa shape index (κ2) is 14.7. The Kier molecular flexibility index (Phi) is 11.1. The highest BCUT2D eigenvalue weighted by Gasteiger charge is 2.29. The molecule has 1 saturated heterocycles. The van der Waals surface area contributed by atoms with Gasteiger partial charge in [0.1, 0.15) is 11.5 Å². The van der Waals surface area contributed by atoms with Gasteiger partial charge < -0.3 is 19.9 Å². The fourth-order valence-corrected chi connectivity index (χ4v) is 6.25. The Bertz CT molecular complexity index is 1160. The van der Waals surface area contributed by atoms with Crippen molar-refractivity contribution >= 4 is 21.7 Å². The minimum Gasteiger partial charge on any atom is -0.457 e. The number of nitrogens with zero attached hydrogens (tertiary/aromatic N) is 2. The van der Waals surface area contributed by atoms with E-state index in [4.69, 9.17) is 4.74 Å². The van der Waals surface area contributed by atoms with Crippen molar-refractivity contribution in [2.75, 3.05) is 37.2 Å². The van der Waals surface area contributed by atoms with Gasteiger partial charge in [0.2, 0.25) is 10.0 Å². The molecule has 0 bridgehead atoms. The van der Waals surface area contributed by atoms with Crippen LogP contribution in [0.15, 0.2) is 48.5 Å². The third-order valence-corrected chi connectivity index (χ3v) is 8.58. The molecule has 1 aliphatic heterocycles. The molecule has 2 N–H and O–H groups in total. The quantitative estimate of drug-likeness (QED) is 0.327. The fraction of sp³-hybridized carbons (Fsp3) is 0.581. The molecular weight excluding hydrogens is 524 g/mol. The van der Waals surface area contributed by atoms with E-state index >= 15 is 0 Å². The first-order valence-corrected chi connectivity index (χ1v) is 16.8. The minimum absolute atomic E-state index is 0.155. The van der Waals surface area contributed by atoms with Gasteiger partial charge in [-0.3, -0.25) is 4.72 Å². The molecule has 40 heavy (non-hydrogen) atoms. The van der Waals surface area contributed by atoms with Crippen molar-refractivity contribution in [3.8, 4) is 11.5 Å². The van der Waals surface area contributed by atoms with Gasteiger partial charge in [-0.05, 0) is 80.5 Å². The van der Waals surface area contributed by atoms with Crippen molar-refractivity contribution in [2.24, 2.45) is 0 Å². The molecule has 4 rings (SSSR count). The van der Waals surface area contributed by atoms with Crippen LogP contribution in [0, 0.1) is 0 Å². The predicted molar refractivity (Wildman–Crippen MR) is 162 cm³/mol. The zero-order valence-electron chi connectivity index (χ0n) is 24.1. The van der Waals surface area contributed by atoms with E-state index in [0.29, 0.717) is 23.5 Å². The molecule has 2 fully saturated rings. The SMILES string of the molecule is CCCCN(C(=O)NC1CCCCC1)C1CCN(CCc2ccc(Oc3ccc(NS(C)(=O)=O)cc3)cc2)CC1. The molecule has 0 aromatic heterocycles. The Morgan fingerprint density at radius 1 is 0.950 bits per heavy atom. The van der Waals surface area contributed by atoms with E-state index in [9.17, 15) is 13.2 Å². The monoisotopic (exact) mass is 570 g/mol. The summed E-state index contributed by atoms with van der Waals surface area (Å²) in [7, 11) is -3.30. The normalized spacial score (nSPS) is 17.4. The smallest absolute Gasteiger partial charge is 0.317 e. The number of anilines is 1. The van der Waals surface area contributed by atoms with Crippen LogP contribution in [-0.2, 0) is 16.4 Å². The molecule has 9 heteroatoms. The average Bonchev–Trinajstić information content (AvgIpc) is 2.94.